The molecule has 12 heavy (non-hydrogen) atoms. The van der Waals surface area contributed by atoms with Crippen molar-refractivity contribution in [1.29, 1.82) is 0 Å². The molecule has 2 rings (SSSR count). The molecule has 1 aromatic heterocycles. The Hall–Kier alpha value is -1.13. The standard InChI is InChI=1S/C8H10N2O2/c9-6-1-2-10-7(3-6)8(11)4-12-5-8/h1-3,11H,4-5H2,(H2,9,10). The van der Waals surface area contributed by atoms with Crippen molar-refractivity contribution in [3.8, 4) is 0 Å². The summed E-state index contributed by atoms with van der Waals surface area (Å²) in [5, 5.41) is 9.76. The SMILES string of the molecule is Nc1ccnc(C2(O)COC2)c1. The largest absolute Gasteiger partial charge is 0.399 e. The number of hydrogen-bond donors (Lipinski definition) is 2. The van der Waals surface area contributed by atoms with Crippen LogP contribution in [0.25, 0.3) is 0 Å². The molecule has 0 amide bonds. The molecule has 3 N–H and O–H groups in total. The molecule has 0 aromatic carbocycles. The first-order valence-corrected chi connectivity index (χ1v) is 3.73. The monoisotopic (exact) mass is 166 g/mol. The van der Waals surface area contributed by atoms with E-state index in [1.165, 1.54) is 0 Å². The zero-order valence-corrected chi connectivity index (χ0v) is 6.53. The second-order valence-corrected chi connectivity index (χ2v) is 3.00. The fraction of sp³-hybridized carbons (Fsp3) is 0.375. The molecule has 64 valence electrons. The van der Waals surface area contributed by atoms with Gasteiger partial charge in [0, 0.05) is 11.9 Å². The molecule has 1 aromatic rings. The summed E-state index contributed by atoms with van der Waals surface area (Å²) in [5.41, 5.74) is 5.84. The Morgan fingerprint density at radius 3 is 2.83 bits per heavy atom. The van der Waals surface area contributed by atoms with Gasteiger partial charge in [0.1, 0.15) is 0 Å². The first-order chi connectivity index (χ1) is 5.71. The van der Waals surface area contributed by atoms with Crippen molar-refractivity contribution >= 4 is 5.69 Å². The van der Waals surface area contributed by atoms with E-state index in [-0.39, 0.29) is 0 Å². The van der Waals surface area contributed by atoms with Crippen LogP contribution >= 0.6 is 0 Å². The van der Waals surface area contributed by atoms with E-state index in [1.807, 2.05) is 0 Å². The first-order valence-electron chi connectivity index (χ1n) is 3.73. The van der Waals surface area contributed by atoms with Gasteiger partial charge in [0.05, 0.1) is 18.9 Å². The second-order valence-electron chi connectivity index (χ2n) is 3.00. The topological polar surface area (TPSA) is 68.4 Å². The molecular formula is C8H10N2O2. The van der Waals surface area contributed by atoms with Gasteiger partial charge in [0.15, 0.2) is 5.60 Å². The summed E-state index contributed by atoms with van der Waals surface area (Å²) in [5.74, 6) is 0. The maximum atomic E-state index is 9.76. The Labute approximate surface area is 70.0 Å². The van der Waals surface area contributed by atoms with Crippen LogP contribution in [0.15, 0.2) is 18.3 Å². The fourth-order valence-corrected chi connectivity index (χ4v) is 1.14. The molecule has 0 saturated carbocycles. The Morgan fingerprint density at radius 2 is 2.33 bits per heavy atom. The molecule has 2 heterocycles. The number of nitrogen functional groups attached to an aromatic ring is 1. The van der Waals surface area contributed by atoms with Crippen LogP contribution in [0.5, 0.6) is 0 Å². The van der Waals surface area contributed by atoms with Gasteiger partial charge in [-0.25, -0.2) is 0 Å². The van der Waals surface area contributed by atoms with Crippen molar-refractivity contribution in [1.82, 2.24) is 4.98 Å². The van der Waals surface area contributed by atoms with Crippen LogP contribution in [0.3, 0.4) is 0 Å². The Bertz CT molecular complexity index is 297. The molecule has 4 nitrogen and oxygen atoms in total. The molecular weight excluding hydrogens is 156 g/mol. The molecule has 0 aliphatic carbocycles. The Balaban J connectivity index is 2.33. The fourth-order valence-electron chi connectivity index (χ4n) is 1.14. The highest BCUT2D eigenvalue weighted by atomic mass is 16.5. The lowest BCUT2D eigenvalue weighted by Crippen LogP contribution is -2.47. The third-order valence-corrected chi connectivity index (χ3v) is 1.94. The second kappa shape index (κ2) is 2.43. The number of nitrogens with zero attached hydrogens (tertiary/aromatic N) is 1. The summed E-state index contributed by atoms with van der Waals surface area (Å²) in [7, 11) is 0. The van der Waals surface area contributed by atoms with Crippen molar-refractivity contribution in [2.75, 3.05) is 18.9 Å². The minimum Gasteiger partial charge on any atom is -0.399 e. The van der Waals surface area contributed by atoms with E-state index in [0.29, 0.717) is 24.6 Å². The van der Waals surface area contributed by atoms with E-state index in [4.69, 9.17) is 10.5 Å². The number of hydrogen-bond acceptors (Lipinski definition) is 4. The lowest BCUT2D eigenvalue weighted by atomic mass is 9.97. The molecule has 1 aliphatic rings. The number of nitrogens with two attached hydrogens (primary N) is 1. The summed E-state index contributed by atoms with van der Waals surface area (Å²) in [4.78, 5) is 4.02. The first kappa shape index (κ1) is 7.52. The van der Waals surface area contributed by atoms with Crippen molar-refractivity contribution in [2.24, 2.45) is 0 Å². The van der Waals surface area contributed by atoms with Gasteiger partial charge >= 0.3 is 0 Å². The molecule has 0 bridgehead atoms. The van der Waals surface area contributed by atoms with E-state index in [0.717, 1.165) is 0 Å². The van der Waals surface area contributed by atoms with Gasteiger partial charge in [-0.1, -0.05) is 0 Å². The highest BCUT2D eigenvalue weighted by Crippen LogP contribution is 2.28. The predicted molar refractivity (Wildman–Crippen MR) is 43.4 cm³/mol. The molecule has 1 saturated heterocycles. The molecule has 4 heteroatoms. The van der Waals surface area contributed by atoms with E-state index >= 15 is 0 Å². The van der Waals surface area contributed by atoms with Crippen LogP contribution in [0.1, 0.15) is 5.69 Å². The number of aromatic nitrogens is 1. The average Bonchev–Trinajstić information content (AvgIpc) is 2.00. The lowest BCUT2D eigenvalue weighted by Gasteiger charge is -2.35. The Morgan fingerprint density at radius 1 is 1.58 bits per heavy atom. The van der Waals surface area contributed by atoms with Gasteiger partial charge in [-0.3, -0.25) is 4.98 Å². The summed E-state index contributed by atoms with van der Waals surface area (Å²) in [6.45, 7) is 0.618. The minimum atomic E-state index is -0.907. The summed E-state index contributed by atoms with van der Waals surface area (Å²) in [6.07, 6.45) is 1.58. The third kappa shape index (κ3) is 1.05. The Kier molecular flexibility index (Phi) is 1.52. The van der Waals surface area contributed by atoms with Crippen LogP contribution in [-0.2, 0) is 10.3 Å². The van der Waals surface area contributed by atoms with Crippen LogP contribution in [0.2, 0.25) is 0 Å². The van der Waals surface area contributed by atoms with E-state index < -0.39 is 5.60 Å². The summed E-state index contributed by atoms with van der Waals surface area (Å²) in [6, 6.07) is 3.36. The molecule has 0 atom stereocenters. The zero-order chi connectivity index (χ0) is 8.60. The normalized spacial score (nSPS) is 20.1. The van der Waals surface area contributed by atoms with E-state index in [2.05, 4.69) is 4.98 Å². The van der Waals surface area contributed by atoms with Crippen molar-refractivity contribution in [2.45, 2.75) is 5.60 Å². The van der Waals surface area contributed by atoms with Crippen LogP contribution in [-0.4, -0.2) is 23.3 Å². The number of anilines is 1. The highest BCUT2D eigenvalue weighted by Gasteiger charge is 2.39. The maximum absolute atomic E-state index is 9.76. The van der Waals surface area contributed by atoms with Crippen molar-refractivity contribution in [3.05, 3.63) is 24.0 Å². The predicted octanol–water partition coefficient (Wildman–Crippen LogP) is -0.118. The van der Waals surface area contributed by atoms with E-state index in [9.17, 15) is 5.11 Å². The van der Waals surface area contributed by atoms with Crippen LogP contribution in [0.4, 0.5) is 5.69 Å². The molecule has 0 radical (unpaired) electrons. The number of rotatable bonds is 1. The molecule has 1 fully saturated rings. The lowest BCUT2D eigenvalue weighted by molar-refractivity contribution is -0.186. The van der Waals surface area contributed by atoms with Gasteiger partial charge in [-0.15, -0.1) is 0 Å². The third-order valence-electron chi connectivity index (χ3n) is 1.94. The maximum Gasteiger partial charge on any atom is 0.153 e. The molecule has 0 unspecified atom stereocenters. The molecule has 1 aliphatic heterocycles. The van der Waals surface area contributed by atoms with Gasteiger partial charge in [0.2, 0.25) is 0 Å². The number of ether oxygens (including phenoxy) is 1. The average molecular weight is 166 g/mol. The zero-order valence-electron chi connectivity index (χ0n) is 6.53. The van der Waals surface area contributed by atoms with Crippen molar-refractivity contribution in [3.63, 3.8) is 0 Å². The van der Waals surface area contributed by atoms with Gasteiger partial charge in [0.25, 0.3) is 0 Å². The quantitative estimate of drug-likeness (QED) is 0.610. The summed E-state index contributed by atoms with van der Waals surface area (Å²) < 4.78 is 4.90. The molecule has 0 spiro atoms. The highest BCUT2D eigenvalue weighted by molar-refractivity contribution is 5.39. The van der Waals surface area contributed by atoms with E-state index in [1.54, 1.807) is 18.3 Å². The number of pyridine rings is 1. The van der Waals surface area contributed by atoms with Crippen LogP contribution in [0, 0.1) is 0 Å². The number of aliphatic hydroxyl groups is 1. The van der Waals surface area contributed by atoms with Crippen LogP contribution < -0.4 is 5.73 Å². The summed E-state index contributed by atoms with van der Waals surface area (Å²) >= 11 is 0. The smallest absolute Gasteiger partial charge is 0.153 e. The van der Waals surface area contributed by atoms with Crippen molar-refractivity contribution < 1.29 is 9.84 Å². The van der Waals surface area contributed by atoms with Gasteiger partial charge in [-0.05, 0) is 12.1 Å². The van der Waals surface area contributed by atoms with Gasteiger partial charge in [-0.2, -0.15) is 0 Å². The minimum absolute atomic E-state index is 0.309. The van der Waals surface area contributed by atoms with Gasteiger partial charge < -0.3 is 15.6 Å².